The topological polar surface area (TPSA) is 37.3 Å². The molecular weight excluding hydrogens is 208 g/mol. The molecule has 0 rings (SSSR count). The number of aliphatic carboxylic acids is 1. The third kappa shape index (κ3) is 9.85. The fourth-order valence-corrected chi connectivity index (χ4v) is 2.14. The molecule has 0 aliphatic heterocycles. The van der Waals surface area contributed by atoms with Crippen molar-refractivity contribution >= 4 is 17.7 Å². The second-order valence-corrected chi connectivity index (χ2v) is 5.25. The molecule has 88 valence electrons. The minimum atomic E-state index is -0.695. The largest absolute Gasteiger partial charge is 0.481 e. The van der Waals surface area contributed by atoms with Gasteiger partial charge in [-0.15, -0.1) is 11.8 Å². The highest BCUT2D eigenvalue weighted by Crippen LogP contribution is 2.23. The average molecular weight is 230 g/mol. The number of carboxylic acids is 1. The van der Waals surface area contributed by atoms with Gasteiger partial charge in [-0.05, 0) is 42.8 Å². The minimum absolute atomic E-state index is 0.286. The Hall–Kier alpha value is -0.440. The first-order valence-corrected chi connectivity index (χ1v) is 6.54. The van der Waals surface area contributed by atoms with Gasteiger partial charge in [-0.3, -0.25) is 4.79 Å². The lowest BCUT2D eigenvalue weighted by Gasteiger charge is -2.08. The van der Waals surface area contributed by atoms with E-state index in [1.165, 1.54) is 11.3 Å². The summed E-state index contributed by atoms with van der Waals surface area (Å²) in [5.74, 6) is 0.962. The van der Waals surface area contributed by atoms with Gasteiger partial charge in [-0.2, -0.15) is 0 Å². The number of thioether (sulfide) groups is 1. The molecule has 0 amide bonds. The zero-order valence-corrected chi connectivity index (χ0v) is 10.8. The molecule has 0 spiro atoms. The molecule has 0 aliphatic rings. The molecule has 0 aliphatic carbocycles. The minimum Gasteiger partial charge on any atom is -0.481 e. The lowest BCUT2D eigenvalue weighted by atomic mass is 10.1. The van der Waals surface area contributed by atoms with Gasteiger partial charge < -0.3 is 5.11 Å². The maximum atomic E-state index is 10.3. The van der Waals surface area contributed by atoms with E-state index in [2.05, 4.69) is 26.8 Å². The molecular formula is C12H22O2S. The molecule has 3 heteroatoms. The first-order chi connectivity index (χ1) is 7.06. The summed E-state index contributed by atoms with van der Waals surface area (Å²) < 4.78 is 0. The highest BCUT2D eigenvalue weighted by molar-refractivity contribution is 8.03. The molecule has 0 heterocycles. The Morgan fingerprint density at radius 3 is 2.53 bits per heavy atom. The summed E-state index contributed by atoms with van der Waals surface area (Å²) in [4.78, 5) is 11.7. The highest BCUT2D eigenvalue weighted by atomic mass is 32.2. The van der Waals surface area contributed by atoms with Crippen LogP contribution in [0, 0.1) is 5.92 Å². The van der Waals surface area contributed by atoms with E-state index in [4.69, 9.17) is 5.11 Å². The van der Waals surface area contributed by atoms with Crippen molar-refractivity contribution in [2.75, 3.05) is 5.75 Å². The molecule has 0 bridgehead atoms. The smallest absolute Gasteiger partial charge is 0.303 e. The Kier molecular flexibility index (Phi) is 8.58. The number of carbonyl (C=O) groups is 1. The molecule has 0 aromatic carbocycles. The Morgan fingerprint density at radius 2 is 2.07 bits per heavy atom. The van der Waals surface area contributed by atoms with Crippen molar-refractivity contribution in [2.45, 2.75) is 46.5 Å². The number of allylic oxidation sites excluding steroid dienone is 2. The molecule has 0 unspecified atom stereocenters. The lowest BCUT2D eigenvalue weighted by molar-refractivity contribution is -0.137. The van der Waals surface area contributed by atoms with Crippen LogP contribution in [0.1, 0.15) is 46.5 Å². The van der Waals surface area contributed by atoms with Crippen molar-refractivity contribution in [3.8, 4) is 0 Å². The van der Waals surface area contributed by atoms with Crippen LogP contribution in [0.4, 0.5) is 0 Å². The van der Waals surface area contributed by atoms with E-state index in [-0.39, 0.29) is 6.42 Å². The van der Waals surface area contributed by atoms with Crippen molar-refractivity contribution in [3.63, 3.8) is 0 Å². The maximum Gasteiger partial charge on any atom is 0.303 e. The second kappa shape index (κ2) is 8.84. The predicted octanol–water partition coefficient (Wildman–Crippen LogP) is 3.92. The summed E-state index contributed by atoms with van der Waals surface area (Å²) in [5, 5.41) is 8.49. The SMILES string of the molecule is C/C=C(\CCC(C)C)SCCCC(=O)O. The Labute approximate surface area is 97.1 Å². The normalized spacial score (nSPS) is 12.1. The van der Waals surface area contributed by atoms with Crippen LogP contribution < -0.4 is 0 Å². The van der Waals surface area contributed by atoms with Crippen LogP contribution in [-0.2, 0) is 4.79 Å². The molecule has 0 radical (unpaired) electrons. The number of hydrogen-bond acceptors (Lipinski definition) is 2. The fourth-order valence-electron chi connectivity index (χ4n) is 1.16. The van der Waals surface area contributed by atoms with E-state index in [0.29, 0.717) is 0 Å². The zero-order chi connectivity index (χ0) is 11.7. The summed E-state index contributed by atoms with van der Waals surface area (Å²) in [7, 11) is 0. The van der Waals surface area contributed by atoms with Crippen LogP contribution in [0.5, 0.6) is 0 Å². The van der Waals surface area contributed by atoms with E-state index >= 15 is 0 Å². The van der Waals surface area contributed by atoms with Crippen LogP contribution in [0.3, 0.4) is 0 Å². The van der Waals surface area contributed by atoms with Crippen molar-refractivity contribution < 1.29 is 9.90 Å². The third-order valence-electron chi connectivity index (χ3n) is 2.11. The van der Waals surface area contributed by atoms with Gasteiger partial charge in [0.05, 0.1) is 0 Å². The standard InChI is InChI=1S/C12H22O2S/c1-4-11(8-7-10(2)3)15-9-5-6-12(13)14/h4,10H,5-9H2,1-3H3,(H,13,14)/b11-4+. The second-order valence-electron chi connectivity index (χ2n) is 4.03. The molecule has 1 N–H and O–H groups in total. The Balaban J connectivity index is 3.58. The van der Waals surface area contributed by atoms with Crippen LogP contribution >= 0.6 is 11.8 Å². The van der Waals surface area contributed by atoms with Crippen molar-refractivity contribution in [1.82, 2.24) is 0 Å². The fraction of sp³-hybridized carbons (Fsp3) is 0.750. The predicted molar refractivity (Wildman–Crippen MR) is 67.2 cm³/mol. The van der Waals surface area contributed by atoms with Gasteiger partial charge >= 0.3 is 5.97 Å². The first kappa shape index (κ1) is 14.6. The molecule has 0 fully saturated rings. The quantitative estimate of drug-likeness (QED) is 0.642. The molecule has 15 heavy (non-hydrogen) atoms. The molecule has 0 saturated heterocycles. The summed E-state index contributed by atoms with van der Waals surface area (Å²) in [5.41, 5.74) is 0. The van der Waals surface area contributed by atoms with E-state index in [1.54, 1.807) is 11.8 Å². The zero-order valence-electron chi connectivity index (χ0n) is 9.95. The summed E-state index contributed by atoms with van der Waals surface area (Å²) in [6.07, 6.45) is 5.54. The van der Waals surface area contributed by atoms with Gasteiger partial charge in [0.1, 0.15) is 0 Å². The summed E-state index contributed by atoms with van der Waals surface area (Å²) in [6, 6.07) is 0. The first-order valence-electron chi connectivity index (χ1n) is 5.56. The van der Waals surface area contributed by atoms with Crippen LogP contribution in [0.25, 0.3) is 0 Å². The van der Waals surface area contributed by atoms with Crippen LogP contribution in [0.2, 0.25) is 0 Å². The molecule has 0 aromatic rings. The van der Waals surface area contributed by atoms with Crippen molar-refractivity contribution in [2.24, 2.45) is 5.92 Å². The monoisotopic (exact) mass is 230 g/mol. The van der Waals surface area contributed by atoms with Gasteiger partial charge in [-0.1, -0.05) is 19.9 Å². The van der Waals surface area contributed by atoms with Gasteiger partial charge in [0.25, 0.3) is 0 Å². The number of carboxylic acid groups (broad SMARTS) is 1. The van der Waals surface area contributed by atoms with E-state index in [1.807, 2.05) is 0 Å². The average Bonchev–Trinajstić information content (AvgIpc) is 2.16. The van der Waals surface area contributed by atoms with E-state index in [0.717, 1.165) is 24.5 Å². The Morgan fingerprint density at radius 1 is 1.40 bits per heavy atom. The number of hydrogen-bond donors (Lipinski definition) is 1. The highest BCUT2D eigenvalue weighted by Gasteiger charge is 2.01. The molecule has 0 atom stereocenters. The molecule has 0 saturated carbocycles. The van der Waals surface area contributed by atoms with Gasteiger partial charge in [0, 0.05) is 6.42 Å². The van der Waals surface area contributed by atoms with E-state index in [9.17, 15) is 4.79 Å². The molecule has 2 nitrogen and oxygen atoms in total. The van der Waals surface area contributed by atoms with Gasteiger partial charge in [0.2, 0.25) is 0 Å². The van der Waals surface area contributed by atoms with Gasteiger partial charge in [0.15, 0.2) is 0 Å². The van der Waals surface area contributed by atoms with Gasteiger partial charge in [-0.25, -0.2) is 0 Å². The molecule has 0 aromatic heterocycles. The van der Waals surface area contributed by atoms with Crippen molar-refractivity contribution in [3.05, 3.63) is 11.0 Å². The van der Waals surface area contributed by atoms with Crippen LogP contribution in [-0.4, -0.2) is 16.8 Å². The maximum absolute atomic E-state index is 10.3. The summed E-state index contributed by atoms with van der Waals surface area (Å²) in [6.45, 7) is 6.50. The Bertz CT molecular complexity index is 210. The van der Waals surface area contributed by atoms with Crippen LogP contribution in [0.15, 0.2) is 11.0 Å². The lowest BCUT2D eigenvalue weighted by Crippen LogP contribution is -1.95. The van der Waals surface area contributed by atoms with Crippen molar-refractivity contribution in [1.29, 1.82) is 0 Å². The summed E-state index contributed by atoms with van der Waals surface area (Å²) >= 11 is 1.80. The third-order valence-corrected chi connectivity index (χ3v) is 3.42. The van der Waals surface area contributed by atoms with E-state index < -0.39 is 5.97 Å². The number of rotatable bonds is 8.